The molecule has 1 aliphatic heterocycles. The standard InChI is InChI=1S/C20H14BrCl2F3N4O/c21-16-17(19(31)28-13-7-6-11(22)8-12(13)23)29-30-15(20(24,25)26)9-14(27-18(16)30)10-4-2-1-3-5-10/h1-8,14-15,27H,9H2,(H,28,31)/t14-,15+/m1/s1. The number of anilines is 2. The minimum absolute atomic E-state index is 0.0785. The van der Waals surface area contributed by atoms with Crippen LogP contribution in [-0.4, -0.2) is 21.9 Å². The number of fused-ring (bicyclic) bond motifs is 1. The van der Waals surface area contributed by atoms with Gasteiger partial charge in [0.05, 0.1) is 21.2 Å². The summed E-state index contributed by atoms with van der Waals surface area (Å²) < 4.78 is 42.5. The van der Waals surface area contributed by atoms with Crippen LogP contribution in [0.15, 0.2) is 53.0 Å². The summed E-state index contributed by atoms with van der Waals surface area (Å²) in [7, 11) is 0. The molecule has 0 bridgehead atoms. The Hall–Kier alpha value is -2.23. The fourth-order valence-corrected chi connectivity index (χ4v) is 4.42. The van der Waals surface area contributed by atoms with E-state index in [0.29, 0.717) is 10.6 Å². The molecule has 3 aromatic rings. The average molecular weight is 534 g/mol. The first-order valence-electron chi connectivity index (χ1n) is 9.07. The number of aromatic nitrogens is 2. The van der Waals surface area contributed by atoms with Crippen molar-refractivity contribution in [2.75, 3.05) is 10.6 Å². The Morgan fingerprint density at radius 1 is 1.19 bits per heavy atom. The molecule has 0 unspecified atom stereocenters. The fraction of sp³-hybridized carbons (Fsp3) is 0.200. The number of nitrogens with zero attached hydrogens (tertiary/aromatic N) is 2. The summed E-state index contributed by atoms with van der Waals surface area (Å²) in [5, 5.41) is 10.2. The maximum Gasteiger partial charge on any atom is 0.410 e. The van der Waals surface area contributed by atoms with E-state index in [1.807, 2.05) is 0 Å². The van der Waals surface area contributed by atoms with Gasteiger partial charge >= 0.3 is 6.18 Å². The van der Waals surface area contributed by atoms with E-state index in [9.17, 15) is 18.0 Å². The van der Waals surface area contributed by atoms with Crippen LogP contribution in [-0.2, 0) is 0 Å². The lowest BCUT2D eigenvalue weighted by molar-refractivity contribution is -0.173. The number of hydrogen-bond acceptors (Lipinski definition) is 3. The van der Waals surface area contributed by atoms with Gasteiger partial charge in [-0.25, -0.2) is 4.68 Å². The summed E-state index contributed by atoms with van der Waals surface area (Å²) in [5.41, 5.74) is 0.767. The van der Waals surface area contributed by atoms with Gasteiger partial charge < -0.3 is 10.6 Å². The summed E-state index contributed by atoms with van der Waals surface area (Å²) >= 11 is 15.2. The van der Waals surface area contributed by atoms with E-state index in [-0.39, 0.29) is 33.1 Å². The van der Waals surface area contributed by atoms with Crippen LogP contribution in [0.2, 0.25) is 10.0 Å². The second-order valence-electron chi connectivity index (χ2n) is 6.93. The lowest BCUT2D eigenvalue weighted by atomic mass is 9.97. The van der Waals surface area contributed by atoms with Crippen molar-refractivity contribution in [1.29, 1.82) is 0 Å². The van der Waals surface area contributed by atoms with Crippen molar-refractivity contribution in [2.45, 2.75) is 24.7 Å². The molecule has 162 valence electrons. The molecule has 2 aromatic carbocycles. The first-order chi connectivity index (χ1) is 14.6. The zero-order chi connectivity index (χ0) is 22.3. The normalized spacial score (nSPS) is 18.3. The number of nitrogens with one attached hydrogen (secondary N) is 2. The van der Waals surface area contributed by atoms with Crippen LogP contribution in [0, 0.1) is 0 Å². The SMILES string of the molecule is O=C(Nc1ccc(Cl)cc1Cl)c1nn2c(c1Br)N[C@@H](c1ccccc1)C[C@H]2C(F)(F)F. The highest BCUT2D eigenvalue weighted by Gasteiger charge is 2.47. The van der Waals surface area contributed by atoms with Gasteiger partial charge in [0, 0.05) is 11.4 Å². The maximum absolute atomic E-state index is 13.9. The highest BCUT2D eigenvalue weighted by atomic mass is 79.9. The van der Waals surface area contributed by atoms with Gasteiger partial charge in [0.25, 0.3) is 5.91 Å². The minimum atomic E-state index is -4.55. The predicted molar refractivity (Wildman–Crippen MR) is 117 cm³/mol. The molecule has 4 rings (SSSR count). The quantitative estimate of drug-likeness (QED) is 0.386. The van der Waals surface area contributed by atoms with Crippen molar-refractivity contribution in [3.05, 3.63) is 74.3 Å². The lowest BCUT2D eigenvalue weighted by Crippen LogP contribution is -2.35. The Balaban J connectivity index is 1.70. The summed E-state index contributed by atoms with van der Waals surface area (Å²) in [4.78, 5) is 12.8. The Labute approximate surface area is 193 Å². The van der Waals surface area contributed by atoms with E-state index in [1.54, 1.807) is 30.3 Å². The maximum atomic E-state index is 13.9. The van der Waals surface area contributed by atoms with Crippen molar-refractivity contribution in [3.8, 4) is 0 Å². The van der Waals surface area contributed by atoms with Gasteiger partial charge in [0.1, 0.15) is 5.82 Å². The topological polar surface area (TPSA) is 59.0 Å². The molecule has 1 aromatic heterocycles. The number of carbonyl (C=O) groups is 1. The third kappa shape index (κ3) is 4.40. The molecule has 11 heteroatoms. The van der Waals surface area contributed by atoms with Gasteiger partial charge in [0.2, 0.25) is 0 Å². The number of alkyl halides is 3. The van der Waals surface area contributed by atoms with Crippen molar-refractivity contribution < 1.29 is 18.0 Å². The number of halogens is 6. The van der Waals surface area contributed by atoms with Crippen LogP contribution in [0.1, 0.15) is 34.6 Å². The highest BCUT2D eigenvalue weighted by Crippen LogP contribution is 2.46. The van der Waals surface area contributed by atoms with Gasteiger partial charge in [-0.05, 0) is 39.7 Å². The van der Waals surface area contributed by atoms with E-state index < -0.39 is 24.2 Å². The zero-order valence-electron chi connectivity index (χ0n) is 15.6. The van der Waals surface area contributed by atoms with Crippen LogP contribution in [0.3, 0.4) is 0 Å². The zero-order valence-corrected chi connectivity index (χ0v) is 18.6. The monoisotopic (exact) mass is 532 g/mol. The van der Waals surface area contributed by atoms with E-state index in [1.165, 1.54) is 18.2 Å². The van der Waals surface area contributed by atoms with Crippen LogP contribution >= 0.6 is 39.1 Å². The molecule has 5 nitrogen and oxygen atoms in total. The Kier molecular flexibility index (Phi) is 5.93. The number of carbonyl (C=O) groups excluding carboxylic acids is 1. The largest absolute Gasteiger partial charge is 0.410 e. The second-order valence-corrected chi connectivity index (χ2v) is 8.57. The van der Waals surface area contributed by atoms with E-state index in [2.05, 4.69) is 31.7 Å². The van der Waals surface area contributed by atoms with E-state index in [0.717, 1.165) is 4.68 Å². The fourth-order valence-electron chi connectivity index (χ4n) is 3.41. The van der Waals surface area contributed by atoms with Crippen molar-refractivity contribution in [1.82, 2.24) is 9.78 Å². The van der Waals surface area contributed by atoms with Gasteiger partial charge in [0.15, 0.2) is 11.7 Å². The molecule has 1 amide bonds. The van der Waals surface area contributed by atoms with Gasteiger partial charge in [-0.15, -0.1) is 0 Å². The Bertz CT molecular complexity index is 1140. The molecule has 0 radical (unpaired) electrons. The number of rotatable bonds is 3. The van der Waals surface area contributed by atoms with E-state index >= 15 is 0 Å². The summed E-state index contributed by atoms with van der Waals surface area (Å²) in [6, 6.07) is 10.8. The number of benzene rings is 2. The van der Waals surface area contributed by atoms with Crippen molar-refractivity contribution in [2.24, 2.45) is 0 Å². The third-order valence-corrected chi connectivity index (χ3v) is 6.19. The van der Waals surface area contributed by atoms with E-state index in [4.69, 9.17) is 23.2 Å². The summed E-state index contributed by atoms with van der Waals surface area (Å²) in [6.45, 7) is 0. The average Bonchev–Trinajstić information content (AvgIpc) is 3.06. The second kappa shape index (κ2) is 8.37. The third-order valence-electron chi connectivity index (χ3n) is 4.89. The number of amides is 1. The molecule has 2 heterocycles. The van der Waals surface area contributed by atoms with Gasteiger partial charge in [-0.3, -0.25) is 4.79 Å². The lowest BCUT2D eigenvalue weighted by Gasteiger charge is -2.33. The number of hydrogen-bond donors (Lipinski definition) is 2. The highest BCUT2D eigenvalue weighted by molar-refractivity contribution is 9.10. The van der Waals surface area contributed by atoms with Crippen molar-refractivity contribution >= 4 is 56.5 Å². The molecule has 0 fully saturated rings. The van der Waals surface area contributed by atoms with Crippen molar-refractivity contribution in [3.63, 3.8) is 0 Å². The predicted octanol–water partition coefficient (Wildman–Crippen LogP) is 6.87. The first-order valence-corrected chi connectivity index (χ1v) is 10.6. The molecule has 2 N–H and O–H groups in total. The Morgan fingerprint density at radius 3 is 2.55 bits per heavy atom. The first kappa shape index (κ1) is 22.0. The molecule has 0 spiro atoms. The van der Waals surface area contributed by atoms with Gasteiger partial charge in [-0.1, -0.05) is 53.5 Å². The minimum Gasteiger partial charge on any atom is -0.362 e. The molecular weight excluding hydrogens is 520 g/mol. The summed E-state index contributed by atoms with van der Waals surface area (Å²) in [6.07, 6.45) is -4.82. The smallest absolute Gasteiger partial charge is 0.362 e. The van der Waals surface area contributed by atoms with Crippen LogP contribution in [0.25, 0.3) is 0 Å². The molecular formula is C20H14BrCl2F3N4O. The molecule has 0 saturated heterocycles. The molecule has 1 aliphatic rings. The van der Waals surface area contributed by atoms with Crippen LogP contribution in [0.4, 0.5) is 24.7 Å². The summed E-state index contributed by atoms with van der Waals surface area (Å²) in [5.74, 6) is -0.633. The Morgan fingerprint density at radius 2 is 1.90 bits per heavy atom. The van der Waals surface area contributed by atoms with Crippen LogP contribution in [0.5, 0.6) is 0 Å². The molecule has 31 heavy (non-hydrogen) atoms. The molecule has 0 aliphatic carbocycles. The molecule has 2 atom stereocenters. The van der Waals surface area contributed by atoms with Crippen LogP contribution < -0.4 is 10.6 Å². The van der Waals surface area contributed by atoms with Gasteiger partial charge in [-0.2, -0.15) is 18.3 Å². The molecule has 0 saturated carbocycles.